The third-order valence-corrected chi connectivity index (χ3v) is 4.52. The first-order valence-electron chi connectivity index (χ1n) is 6.77. The zero-order valence-corrected chi connectivity index (χ0v) is 13.5. The lowest BCUT2D eigenvalue weighted by Gasteiger charge is -2.41. The highest BCUT2D eigenvalue weighted by atomic mass is 79.9. The fourth-order valence-electron chi connectivity index (χ4n) is 2.22. The van der Waals surface area contributed by atoms with E-state index < -0.39 is 0 Å². The molecule has 0 aromatic carbocycles. The van der Waals surface area contributed by atoms with Gasteiger partial charge in [-0.2, -0.15) is 5.10 Å². The van der Waals surface area contributed by atoms with Crippen molar-refractivity contribution in [3.05, 3.63) is 21.0 Å². The van der Waals surface area contributed by atoms with Gasteiger partial charge in [0.1, 0.15) is 4.47 Å². The Kier molecular flexibility index (Phi) is 4.82. The van der Waals surface area contributed by atoms with Crippen LogP contribution in [0, 0.1) is 0 Å². The maximum atomic E-state index is 12.2. The average Bonchev–Trinajstić information content (AvgIpc) is 2.37. The molecule has 1 aliphatic carbocycles. The molecule has 0 aliphatic heterocycles. The van der Waals surface area contributed by atoms with Crippen molar-refractivity contribution in [1.29, 1.82) is 0 Å². The molecule has 2 rings (SSSR count). The molecule has 1 fully saturated rings. The van der Waals surface area contributed by atoms with E-state index in [2.05, 4.69) is 26.3 Å². The first kappa shape index (κ1) is 15.5. The largest absolute Gasteiger partial charge is 0.394 e. The van der Waals surface area contributed by atoms with Crippen LogP contribution >= 0.6 is 15.9 Å². The van der Waals surface area contributed by atoms with Gasteiger partial charge in [0.2, 0.25) is 0 Å². The summed E-state index contributed by atoms with van der Waals surface area (Å²) < 4.78 is 1.92. The lowest BCUT2D eigenvalue weighted by Crippen LogP contribution is -2.48. The minimum atomic E-state index is -0.285. The molecule has 1 aromatic heterocycles. The van der Waals surface area contributed by atoms with Crippen LogP contribution in [-0.2, 0) is 6.54 Å². The zero-order chi connectivity index (χ0) is 14.8. The van der Waals surface area contributed by atoms with E-state index in [9.17, 15) is 9.90 Å². The summed E-state index contributed by atoms with van der Waals surface area (Å²) in [7, 11) is 3.91. The minimum absolute atomic E-state index is 0.0726. The Morgan fingerprint density at radius 2 is 2.25 bits per heavy atom. The van der Waals surface area contributed by atoms with Gasteiger partial charge >= 0.3 is 0 Å². The second kappa shape index (κ2) is 6.24. The smallest absolute Gasteiger partial charge is 0.283 e. The van der Waals surface area contributed by atoms with Crippen LogP contribution in [0.3, 0.4) is 0 Å². The van der Waals surface area contributed by atoms with Gasteiger partial charge in [-0.15, -0.1) is 0 Å². The van der Waals surface area contributed by atoms with E-state index in [0.29, 0.717) is 16.7 Å². The van der Waals surface area contributed by atoms with Gasteiger partial charge in [-0.3, -0.25) is 4.79 Å². The molecule has 7 heteroatoms. The lowest BCUT2D eigenvalue weighted by atomic mass is 9.77. The number of rotatable bonds is 6. The maximum Gasteiger partial charge on any atom is 0.283 e. The van der Waals surface area contributed by atoms with Crippen LogP contribution in [0.4, 0.5) is 5.69 Å². The Labute approximate surface area is 126 Å². The van der Waals surface area contributed by atoms with Crippen molar-refractivity contribution in [2.45, 2.75) is 31.3 Å². The average molecular weight is 345 g/mol. The summed E-state index contributed by atoms with van der Waals surface area (Å²) in [5.74, 6) is 0. The number of aliphatic hydroxyl groups is 1. The summed E-state index contributed by atoms with van der Waals surface area (Å²) in [6, 6.07) is 0. The van der Waals surface area contributed by atoms with E-state index in [4.69, 9.17) is 0 Å². The SMILES string of the molecule is CN(C)CCn1ncc(NC2(CO)CCC2)c(Br)c1=O. The first-order valence-corrected chi connectivity index (χ1v) is 7.56. The fraction of sp³-hybridized carbons (Fsp3) is 0.692. The molecule has 1 aliphatic rings. The highest BCUT2D eigenvalue weighted by Crippen LogP contribution is 2.35. The van der Waals surface area contributed by atoms with Crippen molar-refractivity contribution in [2.75, 3.05) is 32.6 Å². The molecule has 2 N–H and O–H groups in total. The van der Waals surface area contributed by atoms with Crippen LogP contribution in [0.25, 0.3) is 0 Å². The van der Waals surface area contributed by atoms with Gasteiger partial charge in [-0.1, -0.05) is 0 Å². The number of hydrogen-bond donors (Lipinski definition) is 2. The normalized spacial score (nSPS) is 17.1. The molecule has 0 amide bonds. The van der Waals surface area contributed by atoms with Crippen LogP contribution < -0.4 is 10.9 Å². The highest BCUT2D eigenvalue weighted by molar-refractivity contribution is 9.10. The molecule has 20 heavy (non-hydrogen) atoms. The molecule has 0 bridgehead atoms. The van der Waals surface area contributed by atoms with Gasteiger partial charge in [0.05, 0.1) is 30.6 Å². The van der Waals surface area contributed by atoms with E-state index in [-0.39, 0.29) is 17.7 Å². The number of aliphatic hydroxyl groups excluding tert-OH is 1. The Balaban J connectivity index is 2.16. The van der Waals surface area contributed by atoms with Crippen molar-refractivity contribution in [2.24, 2.45) is 0 Å². The van der Waals surface area contributed by atoms with Gasteiger partial charge in [0.15, 0.2) is 0 Å². The van der Waals surface area contributed by atoms with Crippen molar-refractivity contribution in [3.8, 4) is 0 Å². The monoisotopic (exact) mass is 344 g/mol. The Bertz CT molecular complexity index is 520. The molecular formula is C13H21BrN4O2. The Morgan fingerprint density at radius 1 is 1.55 bits per heavy atom. The molecule has 0 unspecified atom stereocenters. The van der Waals surface area contributed by atoms with Crippen molar-refractivity contribution < 1.29 is 5.11 Å². The number of nitrogens with zero attached hydrogens (tertiary/aromatic N) is 3. The van der Waals surface area contributed by atoms with Crippen LogP contribution in [-0.4, -0.2) is 52.6 Å². The summed E-state index contributed by atoms with van der Waals surface area (Å²) in [5, 5.41) is 16.9. The number of likely N-dealkylation sites (N-methyl/N-ethyl adjacent to an activating group) is 1. The predicted octanol–water partition coefficient (Wildman–Crippen LogP) is 0.894. The van der Waals surface area contributed by atoms with Gasteiger partial charge in [0, 0.05) is 6.54 Å². The fourth-order valence-corrected chi connectivity index (χ4v) is 2.62. The van der Waals surface area contributed by atoms with E-state index in [1.165, 1.54) is 4.68 Å². The molecule has 0 spiro atoms. The molecule has 0 atom stereocenters. The first-order chi connectivity index (χ1) is 9.47. The molecule has 1 heterocycles. The van der Waals surface area contributed by atoms with Crippen LogP contribution in [0.15, 0.2) is 15.5 Å². The summed E-state index contributed by atoms with van der Waals surface area (Å²) >= 11 is 3.34. The molecule has 6 nitrogen and oxygen atoms in total. The molecule has 0 saturated heterocycles. The standard InChI is InChI=1S/C13H21BrN4O2/c1-17(2)6-7-18-12(20)11(14)10(8-15-18)16-13(9-19)4-3-5-13/h8,16,19H,3-7,9H2,1-2H3. The van der Waals surface area contributed by atoms with E-state index in [0.717, 1.165) is 25.8 Å². The minimum Gasteiger partial charge on any atom is -0.394 e. The predicted molar refractivity (Wildman–Crippen MR) is 82.0 cm³/mol. The Morgan fingerprint density at radius 3 is 2.75 bits per heavy atom. The summed E-state index contributed by atoms with van der Waals surface area (Å²) in [4.78, 5) is 14.2. The summed E-state index contributed by atoms with van der Waals surface area (Å²) in [6.45, 7) is 1.38. The third-order valence-electron chi connectivity index (χ3n) is 3.76. The van der Waals surface area contributed by atoms with Gasteiger partial charge < -0.3 is 15.3 Å². The van der Waals surface area contributed by atoms with E-state index in [1.54, 1.807) is 6.20 Å². The van der Waals surface area contributed by atoms with E-state index in [1.807, 2.05) is 19.0 Å². The number of nitrogens with one attached hydrogen (secondary N) is 1. The summed E-state index contributed by atoms with van der Waals surface area (Å²) in [6.07, 6.45) is 4.58. The van der Waals surface area contributed by atoms with Crippen LogP contribution in [0.5, 0.6) is 0 Å². The third kappa shape index (κ3) is 3.21. The molecular weight excluding hydrogens is 324 g/mol. The van der Waals surface area contributed by atoms with Crippen LogP contribution in [0.1, 0.15) is 19.3 Å². The number of hydrogen-bond acceptors (Lipinski definition) is 5. The molecule has 112 valence electrons. The number of anilines is 1. The molecule has 1 saturated carbocycles. The van der Waals surface area contributed by atoms with Gasteiger partial charge in [-0.05, 0) is 49.3 Å². The highest BCUT2D eigenvalue weighted by Gasteiger charge is 2.36. The number of halogens is 1. The quantitative estimate of drug-likeness (QED) is 0.802. The van der Waals surface area contributed by atoms with Crippen molar-refractivity contribution >= 4 is 21.6 Å². The van der Waals surface area contributed by atoms with Crippen LogP contribution in [0.2, 0.25) is 0 Å². The zero-order valence-electron chi connectivity index (χ0n) is 11.9. The second-order valence-electron chi connectivity index (χ2n) is 5.62. The molecule has 1 aromatic rings. The van der Waals surface area contributed by atoms with Gasteiger partial charge in [-0.25, -0.2) is 4.68 Å². The van der Waals surface area contributed by atoms with Crippen molar-refractivity contribution in [3.63, 3.8) is 0 Å². The number of aromatic nitrogens is 2. The van der Waals surface area contributed by atoms with Crippen molar-refractivity contribution in [1.82, 2.24) is 14.7 Å². The topological polar surface area (TPSA) is 70.4 Å². The van der Waals surface area contributed by atoms with E-state index >= 15 is 0 Å². The molecule has 0 radical (unpaired) electrons. The van der Waals surface area contributed by atoms with Gasteiger partial charge in [0.25, 0.3) is 5.56 Å². The Hall–Kier alpha value is -0.920. The maximum absolute atomic E-state index is 12.2. The second-order valence-corrected chi connectivity index (χ2v) is 6.41. The lowest BCUT2D eigenvalue weighted by molar-refractivity contribution is 0.144. The summed E-state index contributed by atoms with van der Waals surface area (Å²) in [5.41, 5.74) is 0.223.